The van der Waals surface area contributed by atoms with E-state index in [4.69, 9.17) is 0 Å². The summed E-state index contributed by atoms with van der Waals surface area (Å²) in [7, 11) is 0. The number of unbranched alkanes of at least 4 members (excludes halogenated alkanes) is 1. The number of rotatable bonds is 5. The first-order chi connectivity index (χ1) is 8.13. The monoisotopic (exact) mass is 234 g/mol. The molecule has 17 heavy (non-hydrogen) atoms. The SMILES string of the molecule is CCCCC(CC)CC.Cc1cccc(C)c1. The van der Waals surface area contributed by atoms with Crippen molar-refractivity contribution in [3.63, 3.8) is 0 Å². The summed E-state index contributed by atoms with van der Waals surface area (Å²) in [6, 6.07) is 8.45. The molecule has 1 aromatic rings. The van der Waals surface area contributed by atoms with Crippen LogP contribution in [-0.2, 0) is 0 Å². The van der Waals surface area contributed by atoms with Gasteiger partial charge in [0.25, 0.3) is 0 Å². The van der Waals surface area contributed by atoms with Crippen molar-refractivity contribution in [2.45, 2.75) is 66.7 Å². The molecule has 0 radical (unpaired) electrons. The van der Waals surface area contributed by atoms with Crippen molar-refractivity contribution in [1.29, 1.82) is 0 Å². The molecule has 98 valence electrons. The molecule has 0 aliphatic carbocycles. The van der Waals surface area contributed by atoms with Gasteiger partial charge in [-0.2, -0.15) is 0 Å². The molecule has 0 saturated carbocycles. The summed E-state index contributed by atoms with van der Waals surface area (Å²) in [5, 5.41) is 0. The Morgan fingerprint density at radius 3 is 1.76 bits per heavy atom. The quantitative estimate of drug-likeness (QED) is 0.593. The van der Waals surface area contributed by atoms with Gasteiger partial charge < -0.3 is 0 Å². The van der Waals surface area contributed by atoms with Crippen LogP contribution in [-0.4, -0.2) is 0 Å². The molecule has 0 saturated heterocycles. The Balaban J connectivity index is 0.000000302. The summed E-state index contributed by atoms with van der Waals surface area (Å²) < 4.78 is 0. The molecule has 0 atom stereocenters. The fraction of sp³-hybridized carbons (Fsp3) is 0.647. The van der Waals surface area contributed by atoms with Crippen LogP contribution < -0.4 is 0 Å². The molecule has 0 heterocycles. The van der Waals surface area contributed by atoms with Crippen LogP contribution in [0.2, 0.25) is 0 Å². The fourth-order valence-corrected chi connectivity index (χ4v) is 2.00. The maximum Gasteiger partial charge on any atom is -0.0398 e. The second kappa shape index (κ2) is 10.4. The van der Waals surface area contributed by atoms with Gasteiger partial charge in [0.2, 0.25) is 0 Å². The highest BCUT2D eigenvalue weighted by Crippen LogP contribution is 2.15. The lowest BCUT2D eigenvalue weighted by molar-refractivity contribution is 0.438. The molecule has 1 rings (SSSR count). The van der Waals surface area contributed by atoms with Gasteiger partial charge in [-0.15, -0.1) is 0 Å². The molecule has 0 fully saturated rings. The van der Waals surface area contributed by atoms with Gasteiger partial charge in [0, 0.05) is 0 Å². The average Bonchev–Trinajstić information content (AvgIpc) is 2.31. The summed E-state index contributed by atoms with van der Waals surface area (Å²) in [4.78, 5) is 0. The van der Waals surface area contributed by atoms with Gasteiger partial charge in [0.1, 0.15) is 0 Å². The lowest BCUT2D eigenvalue weighted by Gasteiger charge is -2.09. The first-order valence-corrected chi connectivity index (χ1v) is 7.17. The normalized spacial score (nSPS) is 10.0. The standard InChI is InChI=1S/C9H20.C8H10/c1-4-7-8-9(5-2)6-3;1-7-4-3-5-8(2)6-7/h9H,4-8H2,1-3H3;3-6H,1-2H3. The van der Waals surface area contributed by atoms with Crippen molar-refractivity contribution < 1.29 is 0 Å². The summed E-state index contributed by atoms with van der Waals surface area (Å²) in [5.74, 6) is 1.00. The van der Waals surface area contributed by atoms with Crippen molar-refractivity contribution in [2.24, 2.45) is 5.92 Å². The van der Waals surface area contributed by atoms with E-state index < -0.39 is 0 Å². The van der Waals surface area contributed by atoms with E-state index in [-0.39, 0.29) is 0 Å². The molecule has 0 heteroatoms. The first-order valence-electron chi connectivity index (χ1n) is 7.17. The first kappa shape index (κ1) is 16.2. The largest absolute Gasteiger partial charge is 0.0654 e. The smallest absolute Gasteiger partial charge is 0.0398 e. The lowest BCUT2D eigenvalue weighted by atomic mass is 9.97. The molecule has 0 unspecified atom stereocenters. The summed E-state index contributed by atoms with van der Waals surface area (Å²) in [6.07, 6.45) is 6.97. The van der Waals surface area contributed by atoms with Crippen LogP contribution in [0.5, 0.6) is 0 Å². The Labute approximate surface area is 108 Å². The predicted molar refractivity (Wildman–Crippen MR) is 79.5 cm³/mol. The molecule has 0 bridgehead atoms. The third-order valence-electron chi connectivity index (χ3n) is 3.29. The zero-order valence-electron chi connectivity index (χ0n) is 12.4. The Bertz CT molecular complexity index is 254. The van der Waals surface area contributed by atoms with Crippen LogP contribution in [0.15, 0.2) is 24.3 Å². The van der Waals surface area contributed by atoms with Crippen molar-refractivity contribution in [1.82, 2.24) is 0 Å². The van der Waals surface area contributed by atoms with Gasteiger partial charge in [0.15, 0.2) is 0 Å². The molecule has 0 N–H and O–H groups in total. The number of aryl methyl sites for hydroxylation is 2. The number of benzene rings is 1. The van der Waals surface area contributed by atoms with E-state index in [1.165, 1.54) is 43.2 Å². The predicted octanol–water partition coefficient (Wildman–Crippen LogP) is 5.92. The molecule has 0 aromatic heterocycles. The minimum atomic E-state index is 1.00. The molecule has 0 amide bonds. The molecular formula is C17H30. The summed E-state index contributed by atoms with van der Waals surface area (Å²) in [6.45, 7) is 11.1. The Morgan fingerprint density at radius 1 is 0.941 bits per heavy atom. The zero-order valence-corrected chi connectivity index (χ0v) is 12.4. The van der Waals surface area contributed by atoms with E-state index in [1.807, 2.05) is 0 Å². The van der Waals surface area contributed by atoms with E-state index in [2.05, 4.69) is 58.9 Å². The molecular weight excluding hydrogens is 204 g/mol. The van der Waals surface area contributed by atoms with Crippen LogP contribution in [0.25, 0.3) is 0 Å². The lowest BCUT2D eigenvalue weighted by Crippen LogP contribution is -1.95. The highest BCUT2D eigenvalue weighted by atomic mass is 14.1. The maximum absolute atomic E-state index is 2.30. The van der Waals surface area contributed by atoms with Gasteiger partial charge in [-0.25, -0.2) is 0 Å². The minimum Gasteiger partial charge on any atom is -0.0654 e. The molecule has 0 nitrogen and oxygen atoms in total. The van der Waals surface area contributed by atoms with E-state index >= 15 is 0 Å². The maximum atomic E-state index is 2.30. The van der Waals surface area contributed by atoms with Crippen LogP contribution in [0.4, 0.5) is 0 Å². The minimum absolute atomic E-state index is 1.00. The number of hydrogen-bond donors (Lipinski definition) is 0. The van der Waals surface area contributed by atoms with Crippen LogP contribution in [0.1, 0.15) is 64.0 Å². The molecule has 0 aliphatic rings. The second-order valence-electron chi connectivity index (χ2n) is 4.98. The average molecular weight is 234 g/mol. The van der Waals surface area contributed by atoms with E-state index in [1.54, 1.807) is 0 Å². The van der Waals surface area contributed by atoms with Crippen molar-refractivity contribution in [2.75, 3.05) is 0 Å². The summed E-state index contributed by atoms with van der Waals surface area (Å²) in [5.41, 5.74) is 2.68. The highest BCUT2D eigenvalue weighted by Gasteiger charge is 2.00. The topological polar surface area (TPSA) is 0 Å². The fourth-order valence-electron chi connectivity index (χ4n) is 2.00. The van der Waals surface area contributed by atoms with Crippen LogP contribution in [0, 0.1) is 19.8 Å². The van der Waals surface area contributed by atoms with Crippen LogP contribution >= 0.6 is 0 Å². The molecule has 0 aliphatic heterocycles. The van der Waals surface area contributed by atoms with E-state index in [9.17, 15) is 0 Å². The van der Waals surface area contributed by atoms with Gasteiger partial charge in [0.05, 0.1) is 0 Å². The molecule has 1 aromatic carbocycles. The van der Waals surface area contributed by atoms with E-state index in [0.717, 1.165) is 5.92 Å². The Kier molecular flexibility index (Phi) is 9.90. The molecule has 0 spiro atoms. The van der Waals surface area contributed by atoms with Crippen molar-refractivity contribution in [3.8, 4) is 0 Å². The Hall–Kier alpha value is -0.780. The van der Waals surface area contributed by atoms with Gasteiger partial charge in [-0.1, -0.05) is 88.3 Å². The van der Waals surface area contributed by atoms with Gasteiger partial charge in [-0.3, -0.25) is 0 Å². The van der Waals surface area contributed by atoms with Gasteiger partial charge in [-0.05, 0) is 19.8 Å². The highest BCUT2D eigenvalue weighted by molar-refractivity contribution is 5.20. The number of hydrogen-bond acceptors (Lipinski definition) is 0. The van der Waals surface area contributed by atoms with Gasteiger partial charge >= 0.3 is 0 Å². The third-order valence-corrected chi connectivity index (χ3v) is 3.29. The summed E-state index contributed by atoms with van der Waals surface area (Å²) >= 11 is 0. The van der Waals surface area contributed by atoms with Crippen LogP contribution in [0.3, 0.4) is 0 Å². The third kappa shape index (κ3) is 8.97. The zero-order chi connectivity index (χ0) is 13.1. The van der Waals surface area contributed by atoms with E-state index in [0.29, 0.717) is 0 Å². The van der Waals surface area contributed by atoms with Crippen molar-refractivity contribution in [3.05, 3.63) is 35.4 Å². The van der Waals surface area contributed by atoms with Crippen molar-refractivity contribution >= 4 is 0 Å². The Morgan fingerprint density at radius 2 is 1.47 bits per heavy atom. The second-order valence-corrected chi connectivity index (χ2v) is 4.98.